The van der Waals surface area contributed by atoms with Crippen molar-refractivity contribution in [3.8, 4) is 22.3 Å². The molecule has 0 unspecified atom stereocenters. The summed E-state index contributed by atoms with van der Waals surface area (Å²) >= 11 is 0. The second-order valence-electron chi connectivity index (χ2n) is 8.71. The average Bonchev–Trinajstić information content (AvgIpc) is 2.85. The first-order valence-corrected chi connectivity index (χ1v) is 11.2. The fraction of sp³-hybridized carbons (Fsp3) is 0.103. The number of aliphatic hydroxyl groups excluding tert-OH is 1. The number of fused-ring (bicyclic) bond motifs is 2. The molecule has 0 fully saturated rings. The van der Waals surface area contributed by atoms with Gasteiger partial charge in [0.15, 0.2) is 0 Å². The third-order valence-corrected chi connectivity index (χ3v) is 6.40. The van der Waals surface area contributed by atoms with Crippen molar-refractivity contribution in [2.45, 2.75) is 19.0 Å². The Hall–Kier alpha value is -3.98. The van der Waals surface area contributed by atoms with Gasteiger partial charge in [-0.25, -0.2) is 8.78 Å². The van der Waals surface area contributed by atoms with Crippen LogP contribution in [0.3, 0.4) is 0 Å². The van der Waals surface area contributed by atoms with E-state index in [0.717, 1.165) is 12.1 Å². The van der Waals surface area contributed by atoms with E-state index in [1.165, 1.54) is 12.1 Å². The highest BCUT2D eigenvalue weighted by Crippen LogP contribution is 2.46. The summed E-state index contributed by atoms with van der Waals surface area (Å²) in [5, 5.41) is 10.6. The largest absolute Gasteiger partial charge is 0.416 e. The van der Waals surface area contributed by atoms with Gasteiger partial charge >= 0.3 is 12.4 Å². The Morgan fingerprint density at radius 3 is 1.18 bits per heavy atom. The number of rotatable bonds is 3. The molecule has 194 valence electrons. The third kappa shape index (κ3) is 4.36. The summed E-state index contributed by atoms with van der Waals surface area (Å²) in [6.45, 7) is -0.866. The van der Waals surface area contributed by atoms with Gasteiger partial charge in [0.1, 0.15) is 11.6 Å². The third-order valence-electron chi connectivity index (χ3n) is 6.40. The molecule has 1 N–H and O–H groups in total. The molecule has 0 radical (unpaired) electrons. The van der Waals surface area contributed by atoms with Gasteiger partial charge in [-0.3, -0.25) is 0 Å². The van der Waals surface area contributed by atoms with Gasteiger partial charge in [0.05, 0.1) is 17.7 Å². The maximum atomic E-state index is 14.6. The van der Waals surface area contributed by atoms with Crippen LogP contribution in [-0.4, -0.2) is 5.11 Å². The van der Waals surface area contributed by atoms with Crippen LogP contribution in [0.5, 0.6) is 0 Å². The number of benzene rings is 5. The SMILES string of the molecule is OCc1c(F)cc(-c2c3ccccc3c(-c3cc(C(F)(F)F)cc(C(F)(F)F)c3)c3ccccc23)cc1F. The molecule has 0 spiro atoms. The number of hydrogen-bond donors (Lipinski definition) is 1. The molecular weight excluding hydrogens is 516 g/mol. The van der Waals surface area contributed by atoms with Gasteiger partial charge in [-0.05, 0) is 74.1 Å². The molecule has 0 heterocycles. The van der Waals surface area contributed by atoms with Crippen LogP contribution in [0.2, 0.25) is 0 Å². The van der Waals surface area contributed by atoms with E-state index in [4.69, 9.17) is 0 Å². The van der Waals surface area contributed by atoms with Gasteiger partial charge in [-0.2, -0.15) is 26.3 Å². The Bertz CT molecular complexity index is 1590. The van der Waals surface area contributed by atoms with Crippen LogP contribution in [-0.2, 0) is 19.0 Å². The van der Waals surface area contributed by atoms with Crippen molar-refractivity contribution in [1.29, 1.82) is 0 Å². The van der Waals surface area contributed by atoms with E-state index in [9.17, 15) is 40.2 Å². The van der Waals surface area contributed by atoms with Gasteiger partial charge < -0.3 is 5.11 Å². The summed E-state index contributed by atoms with van der Waals surface area (Å²) in [5.74, 6) is -1.99. The summed E-state index contributed by atoms with van der Waals surface area (Å²) in [6.07, 6.45) is -10.1. The Balaban J connectivity index is 1.94. The van der Waals surface area contributed by atoms with Crippen molar-refractivity contribution in [3.05, 3.63) is 107 Å². The molecular formula is C29H16F8O. The molecule has 0 saturated carbocycles. The Morgan fingerprint density at radius 2 is 0.868 bits per heavy atom. The van der Waals surface area contributed by atoms with Crippen LogP contribution in [0.15, 0.2) is 78.9 Å². The lowest BCUT2D eigenvalue weighted by atomic mass is 9.85. The van der Waals surface area contributed by atoms with E-state index in [1.54, 1.807) is 36.4 Å². The van der Waals surface area contributed by atoms with Gasteiger partial charge in [0.2, 0.25) is 0 Å². The molecule has 0 aliphatic rings. The molecule has 0 saturated heterocycles. The molecule has 9 heteroatoms. The van der Waals surface area contributed by atoms with Crippen LogP contribution in [0.25, 0.3) is 43.8 Å². The van der Waals surface area contributed by atoms with Crippen LogP contribution < -0.4 is 0 Å². The molecule has 0 amide bonds. The van der Waals surface area contributed by atoms with Gasteiger partial charge in [0.25, 0.3) is 0 Å². The van der Waals surface area contributed by atoms with Crippen molar-refractivity contribution in [3.63, 3.8) is 0 Å². The zero-order valence-electron chi connectivity index (χ0n) is 19.2. The summed E-state index contributed by atoms with van der Waals surface area (Å²) in [5.41, 5.74) is -3.20. The van der Waals surface area contributed by atoms with E-state index in [-0.39, 0.29) is 22.8 Å². The quantitative estimate of drug-likeness (QED) is 0.182. The molecule has 0 aliphatic heterocycles. The van der Waals surface area contributed by atoms with Crippen molar-refractivity contribution in [1.82, 2.24) is 0 Å². The Morgan fingerprint density at radius 1 is 0.526 bits per heavy atom. The molecule has 38 heavy (non-hydrogen) atoms. The van der Waals surface area contributed by atoms with Crippen LogP contribution in [0.1, 0.15) is 16.7 Å². The van der Waals surface area contributed by atoms with Crippen LogP contribution >= 0.6 is 0 Å². The smallest absolute Gasteiger partial charge is 0.391 e. The lowest BCUT2D eigenvalue weighted by Gasteiger charge is -2.20. The standard InChI is InChI=1S/C29H16F8O/c30-24-11-16(12-25(31)23(24)14-38)27-21-7-3-1-5-19(21)26(20-6-2-4-8-22(20)27)15-9-17(28(32,33)34)13-18(10-15)29(35,36)37/h1-13,38H,14H2. The predicted octanol–water partition coefficient (Wildman–Crippen LogP) is 9.14. The fourth-order valence-electron chi connectivity index (χ4n) is 4.75. The minimum Gasteiger partial charge on any atom is -0.391 e. The molecule has 5 aromatic carbocycles. The molecule has 5 rings (SSSR count). The molecule has 0 aliphatic carbocycles. The van der Waals surface area contributed by atoms with Gasteiger partial charge in [-0.15, -0.1) is 0 Å². The topological polar surface area (TPSA) is 20.2 Å². The Kier molecular flexibility index (Phi) is 6.14. The second-order valence-corrected chi connectivity index (χ2v) is 8.71. The zero-order valence-corrected chi connectivity index (χ0v) is 19.2. The summed E-state index contributed by atoms with van der Waals surface area (Å²) in [6, 6.07) is 16.0. The number of aliphatic hydroxyl groups is 1. The van der Waals surface area contributed by atoms with Gasteiger partial charge in [0, 0.05) is 5.56 Å². The maximum Gasteiger partial charge on any atom is 0.416 e. The van der Waals surface area contributed by atoms with Crippen molar-refractivity contribution >= 4 is 21.5 Å². The van der Waals surface area contributed by atoms with Crippen molar-refractivity contribution < 1.29 is 40.2 Å². The van der Waals surface area contributed by atoms with E-state index in [0.29, 0.717) is 39.2 Å². The first kappa shape index (κ1) is 25.7. The molecule has 0 atom stereocenters. The van der Waals surface area contributed by atoms with E-state index in [1.807, 2.05) is 0 Å². The normalized spacial score (nSPS) is 12.4. The maximum absolute atomic E-state index is 14.6. The number of alkyl halides is 6. The lowest BCUT2D eigenvalue weighted by Crippen LogP contribution is -2.11. The first-order chi connectivity index (χ1) is 17.9. The number of hydrogen-bond acceptors (Lipinski definition) is 1. The Labute approximate surface area is 210 Å². The molecule has 5 aromatic rings. The van der Waals surface area contributed by atoms with E-state index in [2.05, 4.69) is 0 Å². The zero-order chi connectivity index (χ0) is 27.4. The van der Waals surface area contributed by atoms with Crippen LogP contribution in [0, 0.1) is 11.6 Å². The minimum atomic E-state index is -5.04. The highest BCUT2D eigenvalue weighted by atomic mass is 19.4. The summed E-state index contributed by atoms with van der Waals surface area (Å²) in [4.78, 5) is 0. The summed E-state index contributed by atoms with van der Waals surface area (Å²) in [7, 11) is 0. The number of halogens is 8. The average molecular weight is 532 g/mol. The highest BCUT2D eigenvalue weighted by molar-refractivity contribution is 6.21. The highest BCUT2D eigenvalue weighted by Gasteiger charge is 2.37. The first-order valence-electron chi connectivity index (χ1n) is 11.2. The molecule has 0 bridgehead atoms. The molecule has 0 aromatic heterocycles. The summed E-state index contributed by atoms with van der Waals surface area (Å²) < 4.78 is 111. The second kappa shape index (κ2) is 9.09. The minimum absolute atomic E-state index is 0.0660. The van der Waals surface area contributed by atoms with E-state index < -0.39 is 47.3 Å². The van der Waals surface area contributed by atoms with E-state index >= 15 is 0 Å². The van der Waals surface area contributed by atoms with Crippen molar-refractivity contribution in [2.75, 3.05) is 0 Å². The van der Waals surface area contributed by atoms with Crippen molar-refractivity contribution in [2.24, 2.45) is 0 Å². The van der Waals surface area contributed by atoms with Gasteiger partial charge in [-0.1, -0.05) is 48.5 Å². The predicted molar refractivity (Wildman–Crippen MR) is 128 cm³/mol. The monoisotopic (exact) mass is 532 g/mol. The molecule has 1 nitrogen and oxygen atoms in total. The van der Waals surface area contributed by atoms with Crippen LogP contribution in [0.4, 0.5) is 35.1 Å². The lowest BCUT2D eigenvalue weighted by molar-refractivity contribution is -0.143. The fourth-order valence-corrected chi connectivity index (χ4v) is 4.75.